The van der Waals surface area contributed by atoms with Crippen molar-refractivity contribution in [3.63, 3.8) is 0 Å². The number of carbonyl (C=O) groups is 1. The van der Waals surface area contributed by atoms with E-state index in [0.717, 1.165) is 6.07 Å². The van der Waals surface area contributed by atoms with Crippen LogP contribution < -0.4 is 15.8 Å². The Balaban J connectivity index is 3.08. The molecule has 0 fully saturated rings. The number of hydrogen-bond donors (Lipinski definition) is 2. The number of rotatable bonds is 2. The smallest absolute Gasteiger partial charge is 0.221 e. The van der Waals surface area contributed by atoms with Crippen LogP contribution in [0.15, 0.2) is 12.1 Å². The molecule has 0 bridgehead atoms. The number of halogens is 1. The number of hydrogen-bond acceptors (Lipinski definition) is 3. The maximum absolute atomic E-state index is 13.2. The van der Waals surface area contributed by atoms with E-state index in [1.54, 1.807) is 0 Å². The van der Waals surface area contributed by atoms with E-state index >= 15 is 0 Å². The Morgan fingerprint density at radius 2 is 2.21 bits per heavy atom. The first-order valence-electron chi connectivity index (χ1n) is 3.95. The van der Waals surface area contributed by atoms with Gasteiger partial charge in [0.2, 0.25) is 5.91 Å². The predicted molar refractivity (Wildman–Crippen MR) is 51.7 cm³/mol. The number of nitrogen functional groups attached to an aromatic ring is 1. The molecule has 0 saturated heterocycles. The van der Waals surface area contributed by atoms with Crippen molar-refractivity contribution in [2.75, 3.05) is 18.2 Å². The van der Waals surface area contributed by atoms with Gasteiger partial charge in [-0.3, -0.25) is 4.79 Å². The summed E-state index contributed by atoms with van der Waals surface area (Å²) in [6.07, 6.45) is 0. The van der Waals surface area contributed by atoms with Gasteiger partial charge < -0.3 is 15.8 Å². The monoisotopic (exact) mass is 198 g/mol. The van der Waals surface area contributed by atoms with Crippen molar-refractivity contribution in [2.45, 2.75) is 6.92 Å². The van der Waals surface area contributed by atoms with Crippen LogP contribution in [0, 0.1) is 5.82 Å². The molecule has 4 nitrogen and oxygen atoms in total. The number of nitrogens with two attached hydrogens (primary N) is 1. The topological polar surface area (TPSA) is 64.3 Å². The van der Waals surface area contributed by atoms with Gasteiger partial charge in [0.1, 0.15) is 5.75 Å². The minimum absolute atomic E-state index is 0.0517. The number of amides is 1. The molecule has 0 spiro atoms. The van der Waals surface area contributed by atoms with Gasteiger partial charge in [-0.25, -0.2) is 4.39 Å². The SMILES string of the molecule is COc1cc(F)c(NC(C)=O)cc1N. The van der Waals surface area contributed by atoms with Gasteiger partial charge in [0.15, 0.2) is 5.82 Å². The number of ether oxygens (including phenoxy) is 1. The molecule has 76 valence electrons. The van der Waals surface area contributed by atoms with E-state index in [0.29, 0.717) is 0 Å². The van der Waals surface area contributed by atoms with Gasteiger partial charge in [-0.1, -0.05) is 0 Å². The molecule has 1 amide bonds. The van der Waals surface area contributed by atoms with Crippen LogP contribution in [-0.4, -0.2) is 13.0 Å². The van der Waals surface area contributed by atoms with Crippen LogP contribution >= 0.6 is 0 Å². The second-order valence-corrected chi connectivity index (χ2v) is 2.76. The van der Waals surface area contributed by atoms with E-state index in [2.05, 4.69) is 5.32 Å². The molecule has 0 aliphatic heterocycles. The van der Waals surface area contributed by atoms with E-state index in [9.17, 15) is 9.18 Å². The molecule has 0 aromatic heterocycles. The highest BCUT2D eigenvalue weighted by Crippen LogP contribution is 2.27. The Hall–Kier alpha value is -1.78. The predicted octanol–water partition coefficient (Wildman–Crippen LogP) is 1.37. The second-order valence-electron chi connectivity index (χ2n) is 2.76. The van der Waals surface area contributed by atoms with Gasteiger partial charge in [-0.05, 0) is 6.07 Å². The number of methoxy groups -OCH3 is 1. The maximum atomic E-state index is 13.2. The van der Waals surface area contributed by atoms with Crippen molar-refractivity contribution >= 4 is 17.3 Å². The van der Waals surface area contributed by atoms with Crippen LogP contribution in [0.1, 0.15) is 6.92 Å². The minimum atomic E-state index is -0.578. The van der Waals surface area contributed by atoms with Crippen molar-refractivity contribution in [1.29, 1.82) is 0 Å². The summed E-state index contributed by atoms with van der Waals surface area (Å²) in [6.45, 7) is 1.29. The van der Waals surface area contributed by atoms with Crippen molar-refractivity contribution in [2.24, 2.45) is 0 Å². The molecule has 3 N–H and O–H groups in total. The maximum Gasteiger partial charge on any atom is 0.221 e. The molecule has 0 aliphatic rings. The van der Waals surface area contributed by atoms with Crippen LogP contribution in [0.5, 0.6) is 5.75 Å². The number of carbonyl (C=O) groups excluding carboxylic acids is 1. The fourth-order valence-electron chi connectivity index (χ4n) is 1.03. The lowest BCUT2D eigenvalue weighted by Gasteiger charge is -2.08. The Morgan fingerprint density at radius 1 is 1.57 bits per heavy atom. The van der Waals surface area contributed by atoms with Crippen LogP contribution in [0.3, 0.4) is 0 Å². The zero-order valence-electron chi connectivity index (χ0n) is 7.93. The van der Waals surface area contributed by atoms with E-state index < -0.39 is 5.82 Å². The molecule has 0 atom stereocenters. The molecular weight excluding hydrogens is 187 g/mol. The lowest BCUT2D eigenvalue weighted by molar-refractivity contribution is -0.114. The van der Waals surface area contributed by atoms with Gasteiger partial charge >= 0.3 is 0 Å². The van der Waals surface area contributed by atoms with Gasteiger partial charge in [0.25, 0.3) is 0 Å². The quantitative estimate of drug-likeness (QED) is 0.705. The van der Waals surface area contributed by atoms with Crippen molar-refractivity contribution in [3.05, 3.63) is 17.9 Å². The zero-order valence-corrected chi connectivity index (χ0v) is 7.93. The van der Waals surface area contributed by atoms with Gasteiger partial charge in [0, 0.05) is 13.0 Å². The summed E-state index contributed by atoms with van der Waals surface area (Å²) in [5.74, 6) is -0.684. The largest absolute Gasteiger partial charge is 0.494 e. The molecular formula is C9H11FN2O2. The highest BCUT2D eigenvalue weighted by atomic mass is 19.1. The first-order valence-corrected chi connectivity index (χ1v) is 3.95. The third-order valence-corrected chi connectivity index (χ3v) is 1.63. The second kappa shape index (κ2) is 3.95. The first-order chi connectivity index (χ1) is 6.54. The summed E-state index contributed by atoms with van der Waals surface area (Å²) in [5, 5.41) is 2.32. The Kier molecular flexibility index (Phi) is 2.91. The number of anilines is 2. The summed E-state index contributed by atoms with van der Waals surface area (Å²) in [5.41, 5.74) is 5.86. The summed E-state index contributed by atoms with van der Waals surface area (Å²) >= 11 is 0. The molecule has 0 unspecified atom stereocenters. The molecule has 14 heavy (non-hydrogen) atoms. The fourth-order valence-corrected chi connectivity index (χ4v) is 1.03. The standard InChI is InChI=1S/C9H11FN2O2/c1-5(13)12-8-4-7(11)9(14-2)3-6(8)10/h3-4H,11H2,1-2H3,(H,12,13). The van der Waals surface area contributed by atoms with Crippen molar-refractivity contribution in [1.82, 2.24) is 0 Å². The van der Waals surface area contributed by atoms with E-state index in [4.69, 9.17) is 10.5 Å². The fraction of sp³-hybridized carbons (Fsp3) is 0.222. The molecule has 0 aliphatic carbocycles. The van der Waals surface area contributed by atoms with Crippen LogP contribution in [0.2, 0.25) is 0 Å². The molecule has 5 heteroatoms. The van der Waals surface area contributed by atoms with Crippen LogP contribution in [-0.2, 0) is 4.79 Å². The van der Waals surface area contributed by atoms with E-state index in [1.807, 2.05) is 0 Å². The lowest BCUT2D eigenvalue weighted by atomic mass is 10.2. The van der Waals surface area contributed by atoms with Crippen molar-refractivity contribution in [3.8, 4) is 5.75 Å². The van der Waals surface area contributed by atoms with Crippen LogP contribution in [0.4, 0.5) is 15.8 Å². The molecule has 0 heterocycles. The third kappa shape index (κ3) is 2.12. The highest BCUT2D eigenvalue weighted by Gasteiger charge is 2.08. The van der Waals surface area contributed by atoms with E-state index in [1.165, 1.54) is 20.1 Å². The lowest BCUT2D eigenvalue weighted by Crippen LogP contribution is -2.08. The molecule has 0 radical (unpaired) electrons. The van der Waals surface area contributed by atoms with Crippen molar-refractivity contribution < 1.29 is 13.9 Å². The molecule has 1 rings (SSSR count). The average Bonchev–Trinajstić information content (AvgIpc) is 2.10. The average molecular weight is 198 g/mol. The molecule has 0 saturated carbocycles. The zero-order chi connectivity index (χ0) is 10.7. The Labute approximate surface area is 80.9 Å². The normalized spacial score (nSPS) is 9.64. The van der Waals surface area contributed by atoms with E-state index in [-0.39, 0.29) is 23.0 Å². The third-order valence-electron chi connectivity index (χ3n) is 1.63. The Morgan fingerprint density at radius 3 is 2.71 bits per heavy atom. The minimum Gasteiger partial charge on any atom is -0.494 e. The van der Waals surface area contributed by atoms with Crippen LogP contribution in [0.25, 0.3) is 0 Å². The molecule has 1 aromatic rings. The summed E-state index contributed by atoms with van der Waals surface area (Å²) in [7, 11) is 1.39. The van der Waals surface area contributed by atoms with Gasteiger partial charge in [0.05, 0.1) is 18.5 Å². The summed E-state index contributed by atoms with van der Waals surface area (Å²) in [6, 6.07) is 2.44. The molecule has 1 aromatic carbocycles. The summed E-state index contributed by atoms with van der Waals surface area (Å²) < 4.78 is 18.0. The number of benzene rings is 1. The first kappa shape index (κ1) is 10.3. The Bertz CT molecular complexity index is 366. The highest BCUT2D eigenvalue weighted by molar-refractivity contribution is 5.89. The summed E-state index contributed by atoms with van der Waals surface area (Å²) in [4.78, 5) is 10.7. The van der Waals surface area contributed by atoms with Gasteiger partial charge in [-0.2, -0.15) is 0 Å². The van der Waals surface area contributed by atoms with Gasteiger partial charge in [-0.15, -0.1) is 0 Å². The number of nitrogens with one attached hydrogen (secondary N) is 1.